The Bertz CT molecular complexity index is 749. The minimum absolute atomic E-state index is 0.757. The van der Waals surface area contributed by atoms with Gasteiger partial charge >= 0.3 is 0 Å². The minimum atomic E-state index is 0.757. The zero-order valence-corrected chi connectivity index (χ0v) is 13.3. The molecule has 3 heterocycles. The van der Waals surface area contributed by atoms with Gasteiger partial charge in [0.25, 0.3) is 0 Å². The summed E-state index contributed by atoms with van der Waals surface area (Å²) in [5.74, 6) is 0. The van der Waals surface area contributed by atoms with Crippen LogP contribution in [0.25, 0.3) is 21.7 Å². The lowest BCUT2D eigenvalue weighted by atomic mass is 10.1. The third kappa shape index (κ3) is 3.27. The summed E-state index contributed by atoms with van der Waals surface area (Å²) in [5.41, 5.74) is 3.65. The maximum atomic E-state index is 4.68. The number of unbranched alkanes of at least 4 members (excludes halogenated alkanes) is 2. The molecule has 0 amide bonds. The molecule has 108 valence electrons. The molecule has 0 saturated heterocycles. The summed E-state index contributed by atoms with van der Waals surface area (Å²) in [6, 6.07) is 8.31. The van der Waals surface area contributed by atoms with Crippen molar-refractivity contribution in [2.24, 2.45) is 0 Å². The second-order valence-electron chi connectivity index (χ2n) is 5.27. The Morgan fingerprint density at radius 2 is 1.95 bits per heavy atom. The Labute approximate surface area is 129 Å². The molecule has 0 radical (unpaired) electrons. The number of hydrogen-bond acceptors (Lipinski definition) is 4. The number of pyridine rings is 1. The van der Waals surface area contributed by atoms with Gasteiger partial charge in [-0.25, -0.2) is 9.97 Å². The highest BCUT2D eigenvalue weighted by Crippen LogP contribution is 2.26. The summed E-state index contributed by atoms with van der Waals surface area (Å²) < 4.78 is 0. The fourth-order valence-corrected chi connectivity index (χ4v) is 3.15. The predicted molar refractivity (Wildman–Crippen MR) is 88.6 cm³/mol. The molecule has 0 fully saturated rings. The van der Waals surface area contributed by atoms with Gasteiger partial charge in [-0.2, -0.15) is 0 Å². The third-order valence-electron chi connectivity index (χ3n) is 3.49. The van der Waals surface area contributed by atoms with Gasteiger partial charge in [0.05, 0.1) is 11.1 Å². The van der Waals surface area contributed by atoms with Crippen molar-refractivity contribution in [1.82, 2.24) is 15.0 Å². The van der Waals surface area contributed by atoms with Crippen LogP contribution in [0.3, 0.4) is 0 Å². The maximum absolute atomic E-state index is 4.68. The van der Waals surface area contributed by atoms with Crippen LogP contribution in [-0.4, -0.2) is 15.0 Å². The van der Waals surface area contributed by atoms with Gasteiger partial charge in [-0.05, 0) is 44.0 Å². The number of fused-ring (bicyclic) bond motifs is 1. The largest absolute Gasteiger partial charge is 0.251 e. The molecule has 21 heavy (non-hydrogen) atoms. The van der Waals surface area contributed by atoms with Crippen molar-refractivity contribution >= 4 is 22.5 Å². The first-order chi connectivity index (χ1) is 10.3. The molecule has 0 bridgehead atoms. The van der Waals surface area contributed by atoms with Crippen molar-refractivity contribution in [2.45, 2.75) is 39.5 Å². The van der Waals surface area contributed by atoms with E-state index >= 15 is 0 Å². The Morgan fingerprint density at radius 3 is 2.71 bits per heavy atom. The lowest BCUT2D eigenvalue weighted by Gasteiger charge is -2.03. The first-order valence-electron chi connectivity index (χ1n) is 7.46. The van der Waals surface area contributed by atoms with E-state index in [0.29, 0.717) is 0 Å². The summed E-state index contributed by atoms with van der Waals surface area (Å²) >= 11 is 1.74. The molecule has 3 aromatic heterocycles. The third-order valence-corrected chi connectivity index (χ3v) is 4.52. The van der Waals surface area contributed by atoms with E-state index < -0.39 is 0 Å². The van der Waals surface area contributed by atoms with Gasteiger partial charge in [0.15, 0.2) is 5.65 Å². The van der Waals surface area contributed by atoms with Crippen LogP contribution in [0.2, 0.25) is 0 Å². The van der Waals surface area contributed by atoms with Crippen LogP contribution < -0.4 is 0 Å². The molecule has 0 saturated carbocycles. The fourth-order valence-electron chi connectivity index (χ4n) is 2.32. The Hall–Kier alpha value is -1.81. The number of rotatable bonds is 5. The van der Waals surface area contributed by atoms with Crippen molar-refractivity contribution in [1.29, 1.82) is 0 Å². The first-order valence-corrected chi connectivity index (χ1v) is 8.27. The van der Waals surface area contributed by atoms with Crippen LogP contribution in [-0.2, 0) is 6.42 Å². The van der Waals surface area contributed by atoms with Crippen LogP contribution in [0.4, 0.5) is 0 Å². The molecule has 0 unspecified atom stereocenters. The normalized spacial score (nSPS) is 11.1. The Morgan fingerprint density at radius 1 is 1.05 bits per heavy atom. The van der Waals surface area contributed by atoms with Crippen molar-refractivity contribution < 1.29 is 0 Å². The zero-order valence-electron chi connectivity index (χ0n) is 12.5. The molecule has 0 aromatic carbocycles. The van der Waals surface area contributed by atoms with Crippen molar-refractivity contribution in [3.05, 3.63) is 41.0 Å². The number of aromatic nitrogens is 3. The lowest BCUT2D eigenvalue weighted by Crippen LogP contribution is -1.95. The summed E-state index contributed by atoms with van der Waals surface area (Å²) in [6.45, 7) is 4.32. The van der Waals surface area contributed by atoms with Crippen molar-refractivity contribution in [3.63, 3.8) is 0 Å². The molecular formula is C17H19N3S. The number of nitrogens with zero attached hydrogens (tertiary/aromatic N) is 3. The SMILES string of the molecule is CCCCCc1ccc2ncc(-c3ccc(C)s3)nc2n1. The summed E-state index contributed by atoms with van der Waals surface area (Å²) in [5, 5.41) is 0. The van der Waals surface area contributed by atoms with Crippen LogP contribution in [0.5, 0.6) is 0 Å². The smallest absolute Gasteiger partial charge is 0.179 e. The van der Waals surface area contributed by atoms with E-state index in [4.69, 9.17) is 0 Å². The van der Waals surface area contributed by atoms with Gasteiger partial charge in [-0.15, -0.1) is 11.3 Å². The number of hydrogen-bond donors (Lipinski definition) is 0. The van der Waals surface area contributed by atoms with Gasteiger partial charge < -0.3 is 0 Å². The minimum Gasteiger partial charge on any atom is -0.251 e. The quantitative estimate of drug-likeness (QED) is 0.635. The molecule has 0 aliphatic rings. The average molecular weight is 297 g/mol. The Kier molecular flexibility index (Phi) is 4.25. The van der Waals surface area contributed by atoms with E-state index in [2.05, 4.69) is 47.0 Å². The van der Waals surface area contributed by atoms with E-state index in [1.165, 1.54) is 24.1 Å². The highest BCUT2D eigenvalue weighted by atomic mass is 32.1. The van der Waals surface area contributed by atoms with Gasteiger partial charge in [-0.1, -0.05) is 19.8 Å². The van der Waals surface area contributed by atoms with E-state index in [0.717, 1.165) is 33.8 Å². The van der Waals surface area contributed by atoms with E-state index in [1.807, 2.05) is 12.3 Å². The van der Waals surface area contributed by atoms with Crippen LogP contribution in [0.1, 0.15) is 36.8 Å². The molecule has 0 atom stereocenters. The van der Waals surface area contributed by atoms with Crippen molar-refractivity contribution in [2.75, 3.05) is 0 Å². The number of aryl methyl sites for hydroxylation is 2. The Balaban J connectivity index is 1.91. The van der Waals surface area contributed by atoms with Gasteiger partial charge in [0.2, 0.25) is 0 Å². The number of thiophene rings is 1. The maximum Gasteiger partial charge on any atom is 0.179 e. The second-order valence-corrected chi connectivity index (χ2v) is 6.56. The van der Waals surface area contributed by atoms with Gasteiger partial charge in [0.1, 0.15) is 11.2 Å². The topological polar surface area (TPSA) is 38.7 Å². The highest BCUT2D eigenvalue weighted by molar-refractivity contribution is 7.15. The summed E-state index contributed by atoms with van der Waals surface area (Å²) in [6.07, 6.45) is 6.53. The molecule has 3 aromatic rings. The predicted octanol–water partition coefficient (Wildman–Crippen LogP) is 4.79. The lowest BCUT2D eigenvalue weighted by molar-refractivity contribution is 0.708. The molecule has 3 nitrogen and oxygen atoms in total. The average Bonchev–Trinajstić information content (AvgIpc) is 2.93. The highest BCUT2D eigenvalue weighted by Gasteiger charge is 2.06. The molecule has 0 N–H and O–H groups in total. The fraction of sp³-hybridized carbons (Fsp3) is 0.353. The van der Waals surface area contributed by atoms with E-state index in [1.54, 1.807) is 11.3 Å². The monoisotopic (exact) mass is 297 g/mol. The van der Waals surface area contributed by atoms with Crippen LogP contribution >= 0.6 is 11.3 Å². The summed E-state index contributed by atoms with van der Waals surface area (Å²) in [7, 11) is 0. The molecule has 0 spiro atoms. The summed E-state index contributed by atoms with van der Waals surface area (Å²) in [4.78, 5) is 16.3. The van der Waals surface area contributed by atoms with Crippen LogP contribution in [0.15, 0.2) is 30.5 Å². The molecular weight excluding hydrogens is 278 g/mol. The van der Waals surface area contributed by atoms with Crippen LogP contribution in [0, 0.1) is 6.92 Å². The van der Waals surface area contributed by atoms with Gasteiger partial charge in [0, 0.05) is 10.6 Å². The first kappa shape index (κ1) is 14.1. The van der Waals surface area contributed by atoms with E-state index in [-0.39, 0.29) is 0 Å². The molecule has 0 aliphatic carbocycles. The molecule has 0 aliphatic heterocycles. The zero-order chi connectivity index (χ0) is 14.7. The molecule has 3 rings (SSSR count). The standard InChI is InChI=1S/C17H19N3S/c1-3-4-5-6-13-8-9-14-17(19-13)20-15(11-18-14)16-10-7-12(2)21-16/h7-11H,3-6H2,1-2H3. The van der Waals surface area contributed by atoms with Gasteiger partial charge in [-0.3, -0.25) is 4.98 Å². The molecule has 4 heteroatoms. The second kappa shape index (κ2) is 6.31. The van der Waals surface area contributed by atoms with E-state index in [9.17, 15) is 0 Å². The van der Waals surface area contributed by atoms with Crippen molar-refractivity contribution in [3.8, 4) is 10.6 Å².